The third kappa shape index (κ3) is 3.26. The normalized spacial score (nSPS) is 14.0. The first-order valence-corrected chi connectivity index (χ1v) is 6.41. The topological polar surface area (TPSA) is 52.5 Å². The van der Waals surface area contributed by atoms with Gasteiger partial charge in [-0.2, -0.15) is 0 Å². The quantitative estimate of drug-likeness (QED) is 0.785. The van der Waals surface area contributed by atoms with Crippen LogP contribution in [-0.2, 0) is 0 Å². The zero-order valence-electron chi connectivity index (χ0n) is 11.2. The number of rotatable bonds is 4. The summed E-state index contributed by atoms with van der Waals surface area (Å²) in [6.07, 6.45) is 0. The number of benzene rings is 2. The Hall–Kier alpha value is -2.00. The highest BCUT2D eigenvalue weighted by Crippen LogP contribution is 2.29. The third-order valence-electron chi connectivity index (χ3n) is 3.28. The molecule has 2 atom stereocenters. The maximum absolute atomic E-state index is 9.85. The van der Waals surface area contributed by atoms with Crippen LogP contribution >= 0.6 is 0 Å². The molecule has 2 aromatic rings. The van der Waals surface area contributed by atoms with Gasteiger partial charge in [-0.05, 0) is 25.5 Å². The molecule has 0 bridgehead atoms. The monoisotopic (exact) mass is 257 g/mol. The minimum atomic E-state index is -0.00388. The first kappa shape index (κ1) is 13.4. The van der Waals surface area contributed by atoms with Gasteiger partial charge in [0.15, 0.2) is 0 Å². The summed E-state index contributed by atoms with van der Waals surface area (Å²) in [7, 11) is 0. The average Bonchev–Trinajstić information content (AvgIpc) is 2.39. The molecular weight excluding hydrogens is 238 g/mol. The first-order chi connectivity index (χ1) is 9.08. The average molecular weight is 257 g/mol. The van der Waals surface area contributed by atoms with Gasteiger partial charge < -0.3 is 15.5 Å². The van der Waals surface area contributed by atoms with Crippen molar-refractivity contribution in [2.24, 2.45) is 0 Å². The van der Waals surface area contributed by atoms with Crippen molar-refractivity contribution in [2.75, 3.05) is 0 Å². The van der Waals surface area contributed by atoms with E-state index in [2.05, 4.69) is 24.4 Å². The molecule has 19 heavy (non-hydrogen) atoms. The Labute approximate surface area is 113 Å². The second-order valence-corrected chi connectivity index (χ2v) is 4.76. The Morgan fingerprint density at radius 2 is 1.58 bits per heavy atom. The zero-order chi connectivity index (χ0) is 13.8. The molecule has 0 radical (unpaired) electrons. The van der Waals surface area contributed by atoms with Crippen molar-refractivity contribution < 1.29 is 10.2 Å². The van der Waals surface area contributed by atoms with E-state index in [9.17, 15) is 10.2 Å². The van der Waals surface area contributed by atoms with E-state index in [1.807, 2.05) is 25.1 Å². The fourth-order valence-electron chi connectivity index (χ4n) is 2.20. The third-order valence-corrected chi connectivity index (χ3v) is 3.28. The van der Waals surface area contributed by atoms with Crippen molar-refractivity contribution in [3.8, 4) is 11.5 Å². The second-order valence-electron chi connectivity index (χ2n) is 4.76. The molecular formula is C16H19NO2. The molecule has 2 rings (SSSR count). The summed E-state index contributed by atoms with van der Waals surface area (Å²) in [5.41, 5.74) is 1.98. The standard InChI is InChI=1S/C16H19NO2/c1-11(13-6-4-3-5-7-13)17-12(2)15-9-8-14(18)10-16(15)19/h3-12,17-19H,1-2H3/t11-,12?/m1/s1. The minimum Gasteiger partial charge on any atom is -0.508 e. The van der Waals surface area contributed by atoms with Crippen LogP contribution in [0.25, 0.3) is 0 Å². The summed E-state index contributed by atoms with van der Waals surface area (Å²) in [6.45, 7) is 4.08. The highest BCUT2D eigenvalue weighted by molar-refractivity contribution is 5.40. The summed E-state index contributed by atoms with van der Waals surface area (Å²) < 4.78 is 0. The molecule has 0 heterocycles. The lowest BCUT2D eigenvalue weighted by Crippen LogP contribution is -2.22. The van der Waals surface area contributed by atoms with Crippen LogP contribution in [0.1, 0.15) is 37.1 Å². The van der Waals surface area contributed by atoms with E-state index in [1.54, 1.807) is 12.1 Å². The van der Waals surface area contributed by atoms with Gasteiger partial charge in [-0.15, -0.1) is 0 Å². The molecule has 3 nitrogen and oxygen atoms in total. The molecule has 3 N–H and O–H groups in total. The lowest BCUT2D eigenvalue weighted by atomic mass is 10.0. The highest BCUT2D eigenvalue weighted by atomic mass is 16.3. The summed E-state index contributed by atoms with van der Waals surface area (Å²) in [4.78, 5) is 0. The molecule has 0 aromatic heterocycles. The summed E-state index contributed by atoms with van der Waals surface area (Å²) >= 11 is 0. The Balaban J connectivity index is 2.10. The molecule has 0 saturated carbocycles. The molecule has 2 aromatic carbocycles. The Morgan fingerprint density at radius 1 is 0.895 bits per heavy atom. The molecule has 0 spiro atoms. The van der Waals surface area contributed by atoms with Crippen molar-refractivity contribution in [3.05, 3.63) is 59.7 Å². The van der Waals surface area contributed by atoms with Crippen molar-refractivity contribution in [3.63, 3.8) is 0 Å². The summed E-state index contributed by atoms with van der Waals surface area (Å²) in [6, 6.07) is 15.0. The Kier molecular flexibility index (Phi) is 4.07. The molecule has 0 aliphatic heterocycles. The van der Waals surface area contributed by atoms with Gasteiger partial charge in [0.2, 0.25) is 0 Å². The van der Waals surface area contributed by atoms with Crippen molar-refractivity contribution in [1.29, 1.82) is 0 Å². The van der Waals surface area contributed by atoms with E-state index in [-0.39, 0.29) is 23.6 Å². The second kappa shape index (κ2) is 5.76. The lowest BCUT2D eigenvalue weighted by Gasteiger charge is -2.21. The predicted octanol–water partition coefficient (Wildman–Crippen LogP) is 3.51. The van der Waals surface area contributed by atoms with Crippen LogP contribution < -0.4 is 5.32 Å². The van der Waals surface area contributed by atoms with Crippen LogP contribution in [0.5, 0.6) is 11.5 Å². The molecule has 1 unspecified atom stereocenters. The van der Waals surface area contributed by atoms with E-state index in [0.717, 1.165) is 5.56 Å². The molecule has 3 heteroatoms. The largest absolute Gasteiger partial charge is 0.508 e. The van der Waals surface area contributed by atoms with Gasteiger partial charge in [0.1, 0.15) is 11.5 Å². The van der Waals surface area contributed by atoms with Crippen LogP contribution in [0.4, 0.5) is 0 Å². The predicted molar refractivity (Wildman–Crippen MR) is 76.2 cm³/mol. The highest BCUT2D eigenvalue weighted by Gasteiger charge is 2.14. The van der Waals surface area contributed by atoms with Gasteiger partial charge in [-0.25, -0.2) is 0 Å². The Morgan fingerprint density at radius 3 is 2.21 bits per heavy atom. The van der Waals surface area contributed by atoms with Crippen LogP contribution in [0.15, 0.2) is 48.5 Å². The number of phenolic OH excluding ortho intramolecular Hbond substituents is 2. The van der Waals surface area contributed by atoms with Crippen LogP contribution in [0, 0.1) is 0 Å². The van der Waals surface area contributed by atoms with E-state index in [1.165, 1.54) is 11.6 Å². The van der Waals surface area contributed by atoms with Crippen LogP contribution in [-0.4, -0.2) is 10.2 Å². The van der Waals surface area contributed by atoms with Crippen molar-refractivity contribution >= 4 is 0 Å². The molecule has 0 aliphatic carbocycles. The van der Waals surface area contributed by atoms with Gasteiger partial charge in [0.05, 0.1) is 0 Å². The molecule has 0 aliphatic rings. The van der Waals surface area contributed by atoms with Gasteiger partial charge in [0, 0.05) is 23.7 Å². The zero-order valence-corrected chi connectivity index (χ0v) is 11.2. The van der Waals surface area contributed by atoms with E-state index in [4.69, 9.17) is 0 Å². The summed E-state index contributed by atoms with van der Waals surface area (Å²) in [5.74, 6) is 0.185. The smallest absolute Gasteiger partial charge is 0.124 e. The number of hydrogen-bond acceptors (Lipinski definition) is 3. The van der Waals surface area contributed by atoms with Crippen LogP contribution in [0.2, 0.25) is 0 Å². The fraction of sp³-hybridized carbons (Fsp3) is 0.250. The van der Waals surface area contributed by atoms with E-state index < -0.39 is 0 Å². The van der Waals surface area contributed by atoms with Gasteiger partial charge in [-0.1, -0.05) is 36.4 Å². The van der Waals surface area contributed by atoms with Gasteiger partial charge >= 0.3 is 0 Å². The summed E-state index contributed by atoms with van der Waals surface area (Å²) in [5, 5.41) is 22.6. The van der Waals surface area contributed by atoms with E-state index in [0.29, 0.717) is 0 Å². The fourth-order valence-corrected chi connectivity index (χ4v) is 2.20. The van der Waals surface area contributed by atoms with E-state index >= 15 is 0 Å². The van der Waals surface area contributed by atoms with Gasteiger partial charge in [-0.3, -0.25) is 0 Å². The maximum Gasteiger partial charge on any atom is 0.124 e. The molecule has 100 valence electrons. The lowest BCUT2D eigenvalue weighted by molar-refractivity contribution is 0.427. The molecule has 0 saturated heterocycles. The first-order valence-electron chi connectivity index (χ1n) is 6.41. The van der Waals surface area contributed by atoms with Crippen LogP contribution in [0.3, 0.4) is 0 Å². The number of nitrogens with one attached hydrogen (secondary N) is 1. The SMILES string of the molecule is CC(N[C@H](C)c1ccccc1)c1ccc(O)cc1O. The number of phenols is 2. The molecule has 0 fully saturated rings. The maximum atomic E-state index is 9.85. The number of aromatic hydroxyl groups is 2. The van der Waals surface area contributed by atoms with Crippen molar-refractivity contribution in [1.82, 2.24) is 5.32 Å². The molecule has 0 amide bonds. The van der Waals surface area contributed by atoms with Crippen molar-refractivity contribution in [2.45, 2.75) is 25.9 Å². The number of hydrogen-bond donors (Lipinski definition) is 3. The van der Waals surface area contributed by atoms with Gasteiger partial charge in [0.25, 0.3) is 0 Å². The minimum absolute atomic E-state index is 0.00388. The Bertz CT molecular complexity index is 540.